The summed E-state index contributed by atoms with van der Waals surface area (Å²) in [6.07, 6.45) is 0.902. The standard InChI is InChI=1S/C13H20BrNO2/c1-3-13(2,15)10-16-7-8-17-12-6-4-5-11(14)9-12/h4-6,9H,3,7-8,10,15H2,1-2H3. The lowest BCUT2D eigenvalue weighted by molar-refractivity contribution is 0.0665. The SMILES string of the molecule is CCC(C)(N)COCCOc1cccc(Br)c1. The van der Waals surface area contributed by atoms with E-state index in [-0.39, 0.29) is 5.54 Å². The number of hydrogen-bond donors (Lipinski definition) is 1. The van der Waals surface area contributed by atoms with E-state index >= 15 is 0 Å². The van der Waals surface area contributed by atoms with Gasteiger partial charge in [-0.05, 0) is 31.5 Å². The Bertz CT molecular complexity index is 342. The second kappa shape index (κ2) is 6.99. The third-order valence-electron chi connectivity index (χ3n) is 2.53. The van der Waals surface area contributed by atoms with E-state index in [2.05, 4.69) is 22.9 Å². The molecule has 0 aliphatic carbocycles. The Kier molecular flexibility index (Phi) is 5.95. The molecule has 17 heavy (non-hydrogen) atoms. The Morgan fingerprint density at radius 3 is 2.76 bits per heavy atom. The monoisotopic (exact) mass is 301 g/mol. The van der Waals surface area contributed by atoms with E-state index in [4.69, 9.17) is 15.2 Å². The van der Waals surface area contributed by atoms with Crippen LogP contribution in [0, 0.1) is 0 Å². The Balaban J connectivity index is 2.17. The van der Waals surface area contributed by atoms with Crippen LogP contribution in [0.1, 0.15) is 20.3 Å². The first-order chi connectivity index (χ1) is 8.03. The molecule has 2 N–H and O–H groups in total. The van der Waals surface area contributed by atoms with Crippen molar-refractivity contribution in [3.63, 3.8) is 0 Å². The highest BCUT2D eigenvalue weighted by molar-refractivity contribution is 9.10. The van der Waals surface area contributed by atoms with Crippen LogP contribution >= 0.6 is 15.9 Å². The maximum absolute atomic E-state index is 5.96. The highest BCUT2D eigenvalue weighted by Crippen LogP contribution is 2.17. The van der Waals surface area contributed by atoms with E-state index in [0.717, 1.165) is 16.6 Å². The molecule has 0 fully saturated rings. The normalized spacial score (nSPS) is 14.4. The van der Waals surface area contributed by atoms with Gasteiger partial charge in [0.15, 0.2) is 0 Å². The van der Waals surface area contributed by atoms with Crippen molar-refractivity contribution in [2.45, 2.75) is 25.8 Å². The summed E-state index contributed by atoms with van der Waals surface area (Å²) < 4.78 is 12.0. The van der Waals surface area contributed by atoms with Gasteiger partial charge in [0.05, 0.1) is 13.2 Å². The van der Waals surface area contributed by atoms with E-state index in [1.54, 1.807) is 0 Å². The molecule has 1 rings (SSSR count). The van der Waals surface area contributed by atoms with Crippen molar-refractivity contribution in [3.05, 3.63) is 28.7 Å². The van der Waals surface area contributed by atoms with Crippen molar-refractivity contribution in [2.24, 2.45) is 5.73 Å². The van der Waals surface area contributed by atoms with Crippen LogP contribution in [0.25, 0.3) is 0 Å². The summed E-state index contributed by atoms with van der Waals surface area (Å²) in [5.41, 5.74) is 5.72. The molecular formula is C13H20BrNO2. The number of rotatable bonds is 7. The summed E-state index contributed by atoms with van der Waals surface area (Å²) in [7, 11) is 0. The van der Waals surface area contributed by atoms with Gasteiger partial charge in [0.25, 0.3) is 0 Å². The van der Waals surface area contributed by atoms with Gasteiger partial charge in [-0.1, -0.05) is 28.9 Å². The van der Waals surface area contributed by atoms with Crippen LogP contribution < -0.4 is 10.5 Å². The molecule has 1 aromatic carbocycles. The van der Waals surface area contributed by atoms with Crippen molar-refractivity contribution in [1.29, 1.82) is 0 Å². The maximum Gasteiger partial charge on any atom is 0.120 e. The molecule has 0 radical (unpaired) electrons. The number of halogens is 1. The second-order valence-electron chi connectivity index (χ2n) is 4.37. The molecule has 0 saturated heterocycles. The lowest BCUT2D eigenvalue weighted by atomic mass is 10.0. The van der Waals surface area contributed by atoms with Crippen LogP contribution in [0.4, 0.5) is 0 Å². The molecule has 0 bridgehead atoms. The average Bonchev–Trinajstić information content (AvgIpc) is 2.29. The lowest BCUT2D eigenvalue weighted by Crippen LogP contribution is -2.40. The molecule has 0 heterocycles. The summed E-state index contributed by atoms with van der Waals surface area (Å²) in [5.74, 6) is 0.842. The highest BCUT2D eigenvalue weighted by atomic mass is 79.9. The molecule has 1 aromatic rings. The molecule has 0 spiro atoms. The number of hydrogen-bond acceptors (Lipinski definition) is 3. The summed E-state index contributed by atoms with van der Waals surface area (Å²) in [6.45, 7) is 5.70. The van der Waals surface area contributed by atoms with Crippen LogP contribution in [-0.2, 0) is 4.74 Å². The second-order valence-corrected chi connectivity index (χ2v) is 5.28. The minimum absolute atomic E-state index is 0.240. The predicted octanol–water partition coefficient (Wildman–Crippen LogP) is 2.97. The fourth-order valence-corrected chi connectivity index (χ4v) is 1.56. The Morgan fingerprint density at radius 2 is 2.12 bits per heavy atom. The fourth-order valence-electron chi connectivity index (χ4n) is 1.18. The zero-order valence-electron chi connectivity index (χ0n) is 10.4. The quantitative estimate of drug-likeness (QED) is 0.788. The highest BCUT2D eigenvalue weighted by Gasteiger charge is 2.15. The van der Waals surface area contributed by atoms with E-state index in [0.29, 0.717) is 19.8 Å². The third kappa shape index (κ3) is 6.05. The molecule has 0 aliphatic heterocycles. The van der Waals surface area contributed by atoms with Crippen molar-refractivity contribution in [1.82, 2.24) is 0 Å². The average molecular weight is 302 g/mol. The lowest BCUT2D eigenvalue weighted by Gasteiger charge is -2.22. The van der Waals surface area contributed by atoms with Crippen molar-refractivity contribution in [2.75, 3.05) is 19.8 Å². The first-order valence-corrected chi connectivity index (χ1v) is 6.58. The minimum Gasteiger partial charge on any atom is -0.491 e. The smallest absolute Gasteiger partial charge is 0.120 e. The Hall–Kier alpha value is -0.580. The van der Waals surface area contributed by atoms with Crippen LogP contribution in [-0.4, -0.2) is 25.4 Å². The Morgan fingerprint density at radius 1 is 1.35 bits per heavy atom. The van der Waals surface area contributed by atoms with Crippen molar-refractivity contribution >= 4 is 15.9 Å². The van der Waals surface area contributed by atoms with E-state index in [1.807, 2.05) is 31.2 Å². The van der Waals surface area contributed by atoms with Gasteiger partial charge in [0, 0.05) is 10.0 Å². The van der Waals surface area contributed by atoms with Gasteiger partial charge < -0.3 is 15.2 Å². The van der Waals surface area contributed by atoms with E-state index in [9.17, 15) is 0 Å². The summed E-state index contributed by atoms with van der Waals surface area (Å²) >= 11 is 3.39. The number of nitrogens with two attached hydrogens (primary N) is 1. The zero-order valence-corrected chi connectivity index (χ0v) is 12.0. The van der Waals surface area contributed by atoms with Gasteiger partial charge in [-0.3, -0.25) is 0 Å². The first kappa shape index (κ1) is 14.5. The molecule has 0 aromatic heterocycles. The molecule has 1 unspecified atom stereocenters. The molecule has 4 heteroatoms. The predicted molar refractivity (Wildman–Crippen MR) is 73.3 cm³/mol. The molecular weight excluding hydrogens is 282 g/mol. The molecule has 96 valence electrons. The summed E-state index contributed by atoms with van der Waals surface area (Å²) in [6, 6.07) is 7.75. The fraction of sp³-hybridized carbons (Fsp3) is 0.538. The molecule has 0 amide bonds. The molecule has 1 atom stereocenters. The van der Waals surface area contributed by atoms with Crippen LogP contribution in [0.2, 0.25) is 0 Å². The molecule has 0 saturated carbocycles. The van der Waals surface area contributed by atoms with Crippen molar-refractivity contribution < 1.29 is 9.47 Å². The van der Waals surface area contributed by atoms with Gasteiger partial charge in [0.2, 0.25) is 0 Å². The van der Waals surface area contributed by atoms with E-state index < -0.39 is 0 Å². The first-order valence-electron chi connectivity index (χ1n) is 5.78. The number of benzene rings is 1. The minimum atomic E-state index is -0.240. The van der Waals surface area contributed by atoms with E-state index in [1.165, 1.54) is 0 Å². The molecule has 0 aliphatic rings. The zero-order chi connectivity index (χ0) is 12.7. The van der Waals surface area contributed by atoms with Crippen LogP contribution in [0.15, 0.2) is 28.7 Å². The summed E-state index contributed by atoms with van der Waals surface area (Å²) in [4.78, 5) is 0. The van der Waals surface area contributed by atoms with Gasteiger partial charge in [0.1, 0.15) is 12.4 Å². The van der Waals surface area contributed by atoms with Gasteiger partial charge in [-0.2, -0.15) is 0 Å². The van der Waals surface area contributed by atoms with Gasteiger partial charge >= 0.3 is 0 Å². The van der Waals surface area contributed by atoms with Crippen LogP contribution in [0.5, 0.6) is 5.75 Å². The van der Waals surface area contributed by atoms with Crippen molar-refractivity contribution in [3.8, 4) is 5.75 Å². The Labute approximate surface area is 111 Å². The van der Waals surface area contributed by atoms with Crippen LogP contribution in [0.3, 0.4) is 0 Å². The topological polar surface area (TPSA) is 44.5 Å². The number of ether oxygens (including phenoxy) is 2. The third-order valence-corrected chi connectivity index (χ3v) is 3.03. The van der Waals surface area contributed by atoms with Gasteiger partial charge in [-0.15, -0.1) is 0 Å². The maximum atomic E-state index is 5.96. The summed E-state index contributed by atoms with van der Waals surface area (Å²) in [5, 5.41) is 0. The largest absolute Gasteiger partial charge is 0.491 e. The van der Waals surface area contributed by atoms with Gasteiger partial charge in [-0.25, -0.2) is 0 Å². The molecule has 3 nitrogen and oxygen atoms in total.